The first-order chi connectivity index (χ1) is 10.0. The van der Waals surface area contributed by atoms with Gasteiger partial charge < -0.3 is 10.1 Å². The van der Waals surface area contributed by atoms with Gasteiger partial charge >= 0.3 is 0 Å². The SMILES string of the molecule is COc1ccc(CC(=O)Nc2c(C)cncc2Br)c(C)c1. The molecule has 1 aromatic heterocycles. The maximum atomic E-state index is 12.2. The lowest BCUT2D eigenvalue weighted by Crippen LogP contribution is -2.16. The summed E-state index contributed by atoms with van der Waals surface area (Å²) in [6.45, 7) is 3.88. The van der Waals surface area contributed by atoms with E-state index in [-0.39, 0.29) is 5.91 Å². The van der Waals surface area contributed by atoms with Crippen LogP contribution in [0.1, 0.15) is 16.7 Å². The third-order valence-electron chi connectivity index (χ3n) is 3.25. The zero-order chi connectivity index (χ0) is 15.4. The summed E-state index contributed by atoms with van der Waals surface area (Å²) in [7, 11) is 1.63. The van der Waals surface area contributed by atoms with Crippen molar-refractivity contribution < 1.29 is 9.53 Å². The zero-order valence-electron chi connectivity index (χ0n) is 12.2. The fourth-order valence-corrected chi connectivity index (χ4v) is 2.57. The first-order valence-corrected chi connectivity index (χ1v) is 7.34. The summed E-state index contributed by atoms with van der Waals surface area (Å²) in [4.78, 5) is 16.3. The van der Waals surface area contributed by atoms with Crippen LogP contribution in [-0.2, 0) is 11.2 Å². The molecule has 2 rings (SSSR count). The van der Waals surface area contributed by atoms with Crippen molar-refractivity contribution in [3.63, 3.8) is 0 Å². The lowest BCUT2D eigenvalue weighted by Gasteiger charge is -2.11. The van der Waals surface area contributed by atoms with Gasteiger partial charge in [0.15, 0.2) is 0 Å². The average molecular weight is 349 g/mol. The molecule has 0 spiro atoms. The molecule has 0 fully saturated rings. The number of pyridine rings is 1. The van der Waals surface area contributed by atoms with Crippen molar-refractivity contribution >= 4 is 27.5 Å². The predicted octanol–water partition coefficient (Wildman–Crippen LogP) is 3.65. The van der Waals surface area contributed by atoms with E-state index in [0.29, 0.717) is 6.42 Å². The van der Waals surface area contributed by atoms with Gasteiger partial charge in [-0.2, -0.15) is 0 Å². The second-order valence-electron chi connectivity index (χ2n) is 4.83. The van der Waals surface area contributed by atoms with Gasteiger partial charge in [-0.15, -0.1) is 0 Å². The van der Waals surface area contributed by atoms with Crippen molar-refractivity contribution in [2.45, 2.75) is 20.3 Å². The Kier molecular flexibility index (Phi) is 4.96. The lowest BCUT2D eigenvalue weighted by atomic mass is 10.0. The number of anilines is 1. The number of nitrogens with zero attached hydrogens (tertiary/aromatic N) is 1. The highest BCUT2D eigenvalue weighted by Crippen LogP contribution is 2.25. The molecule has 0 saturated heterocycles. The number of ether oxygens (including phenoxy) is 1. The second kappa shape index (κ2) is 6.72. The van der Waals surface area contributed by atoms with Crippen LogP contribution < -0.4 is 10.1 Å². The quantitative estimate of drug-likeness (QED) is 0.917. The number of hydrogen-bond acceptors (Lipinski definition) is 3. The minimum Gasteiger partial charge on any atom is -0.497 e. The Hall–Kier alpha value is -1.88. The van der Waals surface area contributed by atoms with E-state index in [4.69, 9.17) is 4.74 Å². The van der Waals surface area contributed by atoms with Gasteiger partial charge in [0.25, 0.3) is 0 Å². The largest absolute Gasteiger partial charge is 0.497 e. The van der Waals surface area contributed by atoms with Crippen molar-refractivity contribution in [3.8, 4) is 5.75 Å². The van der Waals surface area contributed by atoms with Gasteiger partial charge in [0, 0.05) is 12.4 Å². The van der Waals surface area contributed by atoms with Gasteiger partial charge in [0.2, 0.25) is 5.91 Å². The highest BCUT2D eigenvalue weighted by atomic mass is 79.9. The van der Waals surface area contributed by atoms with Crippen LogP contribution in [0, 0.1) is 13.8 Å². The first kappa shape index (κ1) is 15.5. The molecule has 0 aliphatic heterocycles. The average Bonchev–Trinajstić information content (AvgIpc) is 2.45. The van der Waals surface area contributed by atoms with E-state index in [9.17, 15) is 4.79 Å². The number of aromatic nitrogens is 1. The number of nitrogens with one attached hydrogen (secondary N) is 1. The molecule has 0 aliphatic carbocycles. The molecule has 1 heterocycles. The van der Waals surface area contributed by atoms with Gasteiger partial charge in [0.05, 0.1) is 23.7 Å². The van der Waals surface area contributed by atoms with Crippen LogP contribution >= 0.6 is 15.9 Å². The predicted molar refractivity (Wildman–Crippen MR) is 86.7 cm³/mol. The van der Waals surface area contributed by atoms with Crippen LogP contribution in [0.4, 0.5) is 5.69 Å². The van der Waals surface area contributed by atoms with E-state index in [2.05, 4.69) is 26.2 Å². The Morgan fingerprint density at radius 1 is 1.29 bits per heavy atom. The van der Waals surface area contributed by atoms with Gasteiger partial charge in [-0.25, -0.2) is 0 Å². The molecular formula is C16H17BrN2O2. The minimum absolute atomic E-state index is 0.0572. The van der Waals surface area contributed by atoms with Crippen LogP contribution in [0.3, 0.4) is 0 Å². The number of aryl methyl sites for hydroxylation is 2. The summed E-state index contributed by atoms with van der Waals surface area (Å²) in [5.74, 6) is 0.739. The molecule has 21 heavy (non-hydrogen) atoms. The number of hydrogen-bond donors (Lipinski definition) is 1. The van der Waals surface area contributed by atoms with E-state index in [1.54, 1.807) is 19.5 Å². The fraction of sp³-hybridized carbons (Fsp3) is 0.250. The zero-order valence-corrected chi connectivity index (χ0v) is 13.8. The normalized spacial score (nSPS) is 10.3. The van der Waals surface area contributed by atoms with E-state index < -0.39 is 0 Å². The highest BCUT2D eigenvalue weighted by molar-refractivity contribution is 9.10. The molecule has 4 nitrogen and oxygen atoms in total. The van der Waals surface area contributed by atoms with Crippen molar-refractivity contribution in [1.29, 1.82) is 0 Å². The summed E-state index contributed by atoms with van der Waals surface area (Å²) in [6, 6.07) is 5.71. The van der Waals surface area contributed by atoms with Crippen LogP contribution in [0.15, 0.2) is 35.1 Å². The van der Waals surface area contributed by atoms with Crippen LogP contribution in [0.2, 0.25) is 0 Å². The van der Waals surface area contributed by atoms with Gasteiger partial charge in [0.1, 0.15) is 5.75 Å². The topological polar surface area (TPSA) is 51.2 Å². The molecule has 1 N–H and O–H groups in total. The number of benzene rings is 1. The molecule has 0 radical (unpaired) electrons. The molecular weight excluding hydrogens is 332 g/mol. The van der Waals surface area contributed by atoms with Gasteiger partial charge in [-0.05, 0) is 58.6 Å². The Labute approximate surface area is 132 Å². The number of methoxy groups -OCH3 is 1. The Morgan fingerprint density at radius 2 is 2.05 bits per heavy atom. The standard InChI is InChI=1S/C16H17BrN2O2/c1-10-6-13(21-3)5-4-12(10)7-15(20)19-16-11(2)8-18-9-14(16)17/h4-6,8-9H,7H2,1-3H3,(H,18,19,20). The number of rotatable bonds is 4. The smallest absolute Gasteiger partial charge is 0.228 e. The molecule has 0 saturated carbocycles. The van der Waals surface area contributed by atoms with Gasteiger partial charge in [-0.3, -0.25) is 9.78 Å². The summed E-state index contributed by atoms with van der Waals surface area (Å²) < 4.78 is 5.95. The third kappa shape index (κ3) is 3.82. The van der Waals surface area contributed by atoms with E-state index in [1.165, 1.54) is 0 Å². The summed E-state index contributed by atoms with van der Waals surface area (Å²) in [5, 5.41) is 2.93. The minimum atomic E-state index is -0.0572. The van der Waals surface area contributed by atoms with Crippen LogP contribution in [0.5, 0.6) is 5.75 Å². The Bertz CT molecular complexity index is 651. The summed E-state index contributed by atoms with van der Waals surface area (Å²) >= 11 is 3.40. The molecule has 0 bridgehead atoms. The third-order valence-corrected chi connectivity index (χ3v) is 3.86. The molecule has 2 aromatic rings. The van der Waals surface area contributed by atoms with Crippen LogP contribution in [0.25, 0.3) is 0 Å². The van der Waals surface area contributed by atoms with Crippen molar-refractivity contribution in [3.05, 3.63) is 51.8 Å². The number of carbonyl (C=O) groups is 1. The van der Waals surface area contributed by atoms with Crippen molar-refractivity contribution in [1.82, 2.24) is 4.98 Å². The Morgan fingerprint density at radius 3 is 2.67 bits per heavy atom. The number of halogens is 1. The molecule has 110 valence electrons. The monoisotopic (exact) mass is 348 g/mol. The maximum Gasteiger partial charge on any atom is 0.228 e. The molecule has 0 unspecified atom stereocenters. The highest BCUT2D eigenvalue weighted by Gasteiger charge is 2.11. The first-order valence-electron chi connectivity index (χ1n) is 6.54. The fourth-order valence-electron chi connectivity index (χ4n) is 2.04. The summed E-state index contributed by atoms with van der Waals surface area (Å²) in [5.41, 5.74) is 3.71. The maximum absolute atomic E-state index is 12.2. The molecule has 0 aliphatic rings. The summed E-state index contributed by atoms with van der Waals surface area (Å²) in [6.07, 6.45) is 3.71. The molecule has 1 aromatic carbocycles. The van der Waals surface area contributed by atoms with E-state index >= 15 is 0 Å². The Balaban J connectivity index is 2.12. The lowest BCUT2D eigenvalue weighted by molar-refractivity contribution is -0.115. The number of amides is 1. The second-order valence-corrected chi connectivity index (χ2v) is 5.68. The van der Waals surface area contributed by atoms with Crippen molar-refractivity contribution in [2.75, 3.05) is 12.4 Å². The van der Waals surface area contributed by atoms with Crippen LogP contribution in [-0.4, -0.2) is 18.0 Å². The molecule has 0 atom stereocenters. The van der Waals surface area contributed by atoms with E-state index in [1.807, 2.05) is 32.0 Å². The van der Waals surface area contributed by atoms with Gasteiger partial charge in [-0.1, -0.05) is 6.07 Å². The van der Waals surface area contributed by atoms with Crippen molar-refractivity contribution in [2.24, 2.45) is 0 Å². The molecule has 1 amide bonds. The van der Waals surface area contributed by atoms with E-state index in [0.717, 1.165) is 32.6 Å². The number of carbonyl (C=O) groups excluding carboxylic acids is 1. The molecule has 5 heteroatoms.